The van der Waals surface area contributed by atoms with Crippen LogP contribution >= 0.6 is 7.82 Å². The number of benzene rings is 11. The van der Waals surface area contributed by atoms with Crippen molar-refractivity contribution in [2.75, 3.05) is 26.4 Å². The molecule has 19 rings (SSSR count). The summed E-state index contributed by atoms with van der Waals surface area (Å²) in [5, 5.41) is 0. The molecule has 8 aliphatic rings. The number of hydrogen-bond acceptors (Lipinski definition) is 24. The third kappa shape index (κ3) is 21.2. The van der Waals surface area contributed by atoms with Crippen molar-refractivity contribution in [1.82, 2.24) is 0 Å². The third-order valence-corrected chi connectivity index (χ3v) is 24.8. The molecule has 24 nitrogen and oxygen atoms in total. The van der Waals surface area contributed by atoms with Gasteiger partial charge in [0, 0.05) is 22.3 Å². The first-order valence-electron chi connectivity index (χ1n) is 43.1. The summed E-state index contributed by atoms with van der Waals surface area (Å²) in [7, 11) is -4.86. The number of hydrogen-bond donors (Lipinski definition) is 0. The maximum atomic E-state index is 16.4. The Morgan fingerprint density at radius 3 is 0.675 bits per heavy atom. The van der Waals surface area contributed by atoms with Crippen molar-refractivity contribution >= 4 is 7.82 Å². The van der Waals surface area contributed by atoms with Gasteiger partial charge in [0.25, 0.3) is 0 Å². The number of phosphoric ester groups is 1. The molecular weight excluding hydrogens is 1630 g/mol. The summed E-state index contributed by atoms with van der Waals surface area (Å²) in [4.78, 5) is 0. The van der Waals surface area contributed by atoms with Gasteiger partial charge in [0.2, 0.25) is 0 Å². The zero-order valence-corrected chi connectivity index (χ0v) is 70.0. The van der Waals surface area contributed by atoms with Crippen molar-refractivity contribution in [3.63, 3.8) is 0 Å². The second kappa shape index (κ2) is 41.9. The van der Waals surface area contributed by atoms with Gasteiger partial charge in [-0.15, -0.1) is 0 Å². The molecule has 11 aromatic rings. The second-order valence-electron chi connectivity index (χ2n) is 32.1. The molecule has 0 radical (unpaired) electrons. The van der Waals surface area contributed by atoms with E-state index in [1.165, 1.54) is 0 Å². The molecule has 0 aromatic heterocycles. The average molecular weight is 1730 g/mol. The van der Waals surface area contributed by atoms with E-state index in [1.54, 1.807) is 0 Å². The molecule has 0 spiro atoms. The van der Waals surface area contributed by atoms with Crippen LogP contribution in [0.15, 0.2) is 334 Å². The van der Waals surface area contributed by atoms with Crippen LogP contribution in [-0.4, -0.2) is 149 Å². The van der Waals surface area contributed by atoms with Crippen LogP contribution in [0.4, 0.5) is 0 Å². The van der Waals surface area contributed by atoms with Crippen LogP contribution in [0.25, 0.3) is 0 Å². The quantitative estimate of drug-likeness (QED) is 0.0348. The van der Waals surface area contributed by atoms with Crippen molar-refractivity contribution in [2.24, 2.45) is 0 Å². The van der Waals surface area contributed by atoms with Gasteiger partial charge in [-0.3, -0.25) is 13.6 Å². The lowest BCUT2D eigenvalue weighted by molar-refractivity contribution is -0.439. The molecule has 8 heterocycles. The highest BCUT2D eigenvalue weighted by Crippen LogP contribution is 2.55. The minimum atomic E-state index is -4.86. The summed E-state index contributed by atoms with van der Waals surface area (Å²) in [6.07, 6.45) is -27.7. The van der Waals surface area contributed by atoms with E-state index < -0.39 is 156 Å². The Morgan fingerprint density at radius 1 is 0.222 bits per heavy atom. The summed E-state index contributed by atoms with van der Waals surface area (Å²) < 4.78 is 183. The Kier molecular flexibility index (Phi) is 28.6. The van der Waals surface area contributed by atoms with E-state index in [2.05, 4.69) is 0 Å². The van der Waals surface area contributed by atoms with Crippen LogP contribution < -0.4 is 0 Å². The Balaban J connectivity index is 0.767. The molecule has 7 unspecified atom stereocenters. The van der Waals surface area contributed by atoms with Gasteiger partial charge >= 0.3 is 7.82 Å². The number of phosphoric acid groups is 1. The number of ether oxygens (including phenoxy) is 20. The fourth-order valence-electron chi connectivity index (χ4n) is 17.1. The molecule has 0 N–H and O–H groups in total. The van der Waals surface area contributed by atoms with E-state index in [9.17, 15) is 0 Å². The normalized spacial score (nSPS) is 30.8. The highest BCUT2D eigenvalue weighted by atomic mass is 31.2. The van der Waals surface area contributed by atoms with Gasteiger partial charge in [0.05, 0.1) is 72.7 Å². The molecule has 8 aliphatic heterocycles. The maximum absolute atomic E-state index is 16.4. The predicted molar refractivity (Wildman–Crippen MR) is 456 cm³/mol. The highest BCUT2D eigenvalue weighted by Gasteiger charge is 2.62. The fourth-order valence-corrected chi connectivity index (χ4v) is 18.3. The molecule has 24 atom stereocenters. The van der Waals surface area contributed by atoms with E-state index in [0.717, 1.165) is 50.1 Å². The third-order valence-electron chi connectivity index (χ3n) is 23.4. The van der Waals surface area contributed by atoms with Gasteiger partial charge in [0.1, 0.15) is 97.7 Å². The number of rotatable bonds is 33. The zero-order valence-electron chi connectivity index (χ0n) is 69.1. The van der Waals surface area contributed by atoms with E-state index in [0.29, 0.717) is 11.1 Å². The first-order chi connectivity index (χ1) is 62.3. The Labute approximate surface area is 732 Å². The lowest BCUT2D eigenvalue weighted by atomic mass is 9.94. The van der Waals surface area contributed by atoms with Crippen LogP contribution in [0.3, 0.4) is 0 Å². The van der Waals surface area contributed by atoms with Crippen LogP contribution in [0.1, 0.15) is 86.4 Å². The summed E-state index contributed by atoms with van der Waals surface area (Å²) in [6.45, 7) is -0.259. The second-order valence-corrected chi connectivity index (χ2v) is 33.7. The van der Waals surface area contributed by atoms with Gasteiger partial charge in [-0.1, -0.05) is 334 Å². The largest absolute Gasteiger partial charge is 0.477 e. The standard InChI is InChI=1S/C101H101O24P/c102-126(112-61-72-44-22-6-23-45-72,113-62-73-46-24-7-25-47-73)125-101-93(89(106-59-70-40-18-4-19-41-70)85-81(117-101)66-111-97(121-85)77-54-32-11-33-55-77)124-100-92(88(105-58-69-38-16-3-17-39-69)84-80(116-100)65-110-96(120-84)76-52-30-10-31-53-76)123-99-91(87(104-57-68-36-14-2-15-37-68)83-79(115-99)64-109-95(119-83)75-50-28-9-29-51-75)122-98-90(107-60-71-42-20-5-21-43-71)86(103-56-67-34-12-1-13-35-67)82-78(114-98)63-108-94(118-82)74-48-26-8-27-49-74/h1-55,78-101H,56-66H2/t78-,79-,80-,81-,82-,83-,84-,85-,86+,87+,88+,89+,90+,91+,92+,93+,94?,95?,96?,97?,98?,99?,100?,101+/m1/s1. The minimum absolute atomic E-state index is 0.00182. The molecule has 0 bridgehead atoms. The molecule has 126 heavy (non-hydrogen) atoms. The Morgan fingerprint density at radius 2 is 0.421 bits per heavy atom. The molecule has 11 aromatic carbocycles. The molecule has 25 heteroatoms. The summed E-state index contributed by atoms with van der Waals surface area (Å²) in [5.41, 5.74) is 8.58. The van der Waals surface area contributed by atoms with Crippen molar-refractivity contribution < 1.29 is 113 Å². The Bertz CT molecular complexity index is 5100. The average Bonchev–Trinajstić information content (AvgIpc) is 0.746. The van der Waals surface area contributed by atoms with Crippen LogP contribution in [0.2, 0.25) is 0 Å². The van der Waals surface area contributed by atoms with E-state index in [-0.39, 0.29) is 72.7 Å². The first-order valence-corrected chi connectivity index (χ1v) is 44.5. The maximum Gasteiger partial charge on any atom is 0.477 e. The molecule has 0 aliphatic carbocycles. The fraction of sp³-hybridized carbons (Fsp3) is 0.347. The molecule has 0 saturated carbocycles. The summed E-state index contributed by atoms with van der Waals surface area (Å²) in [6, 6.07) is 106. The lowest BCUT2D eigenvalue weighted by Gasteiger charge is -2.55. The smallest absolute Gasteiger partial charge is 0.368 e. The molecule has 8 saturated heterocycles. The van der Waals surface area contributed by atoms with Crippen LogP contribution in [-0.2, 0) is 159 Å². The van der Waals surface area contributed by atoms with Gasteiger partial charge in [0.15, 0.2) is 50.3 Å². The zero-order chi connectivity index (χ0) is 84.6. The summed E-state index contributed by atoms with van der Waals surface area (Å²) in [5.74, 6) is 0. The van der Waals surface area contributed by atoms with Gasteiger partial charge in [-0.25, -0.2) is 4.57 Å². The first kappa shape index (κ1) is 86.1. The highest BCUT2D eigenvalue weighted by molar-refractivity contribution is 7.48. The molecule has 8 fully saturated rings. The number of fused-ring (bicyclic) bond motifs is 4. The summed E-state index contributed by atoms with van der Waals surface area (Å²) >= 11 is 0. The SMILES string of the molecule is O=P(OCc1ccccc1)(OCc1ccccc1)O[C@@H]1O[C@@H]2COC(c3ccccc3)O[C@H]2[C@H](OCc2ccccc2)[C@@H]1OC1O[C@@H]2COC(c3ccccc3)O[C@H]2[C@H](OCc2ccccc2)[C@@H]1OC1O[C@@H]2COC(c3ccccc3)O[C@H]2[C@H](OCc2ccccc2)[C@@H]1OC1O[C@@H]2COC(c3ccccc3)O[C@H]2[C@H](OCc2ccccc2)[C@@H]1OCc1ccccc1. The van der Waals surface area contributed by atoms with E-state index in [4.69, 9.17) is 108 Å². The monoisotopic (exact) mass is 1730 g/mol. The van der Waals surface area contributed by atoms with Crippen molar-refractivity contribution in [3.8, 4) is 0 Å². The topological polar surface area (TPSA) is 229 Å². The minimum Gasteiger partial charge on any atom is -0.368 e. The van der Waals surface area contributed by atoms with Crippen LogP contribution in [0, 0.1) is 0 Å². The predicted octanol–water partition coefficient (Wildman–Crippen LogP) is 17.0. The van der Waals surface area contributed by atoms with Gasteiger partial charge in [-0.05, 0) is 38.9 Å². The van der Waals surface area contributed by atoms with Crippen molar-refractivity contribution in [1.29, 1.82) is 0 Å². The van der Waals surface area contributed by atoms with Crippen molar-refractivity contribution in [3.05, 3.63) is 395 Å². The van der Waals surface area contributed by atoms with Crippen LogP contribution in [0.5, 0.6) is 0 Å². The van der Waals surface area contributed by atoms with Gasteiger partial charge < -0.3 is 94.7 Å². The Hall–Kier alpha value is -9.27. The molecular formula is C101H101O24P. The molecule has 654 valence electrons. The van der Waals surface area contributed by atoms with Crippen molar-refractivity contribution in [2.45, 2.75) is 194 Å². The molecule has 0 amide bonds. The van der Waals surface area contributed by atoms with E-state index in [1.807, 2.05) is 334 Å². The lowest BCUT2D eigenvalue weighted by Crippen LogP contribution is -2.70. The van der Waals surface area contributed by atoms with Gasteiger partial charge in [-0.2, -0.15) is 0 Å². The van der Waals surface area contributed by atoms with E-state index >= 15 is 4.57 Å².